The molecule has 0 aliphatic heterocycles. The van der Waals surface area contributed by atoms with Crippen LogP contribution in [0.3, 0.4) is 0 Å². The van der Waals surface area contributed by atoms with Crippen LogP contribution in [0.2, 0.25) is 0 Å². The van der Waals surface area contributed by atoms with Crippen LogP contribution in [-0.4, -0.2) is 23.7 Å². The topological polar surface area (TPSA) is 49.3 Å². The highest BCUT2D eigenvalue weighted by atomic mass is 16.2. The molecule has 3 nitrogen and oxygen atoms in total. The molecule has 1 aromatic rings. The van der Waals surface area contributed by atoms with Crippen LogP contribution in [0.4, 0.5) is 0 Å². The van der Waals surface area contributed by atoms with Crippen molar-refractivity contribution in [2.45, 2.75) is 45.6 Å². The summed E-state index contributed by atoms with van der Waals surface area (Å²) in [5, 5.41) is 11.8. The van der Waals surface area contributed by atoms with Gasteiger partial charge in [-0.2, -0.15) is 0 Å². The molecule has 2 N–H and O–H groups in total. The summed E-state index contributed by atoms with van der Waals surface area (Å²) in [5.74, 6) is 5.81. The van der Waals surface area contributed by atoms with Crippen LogP contribution in [0.15, 0.2) is 24.3 Å². The maximum atomic E-state index is 12.2. The largest absolute Gasteiger partial charge is 0.395 e. The van der Waals surface area contributed by atoms with Gasteiger partial charge in [-0.25, -0.2) is 0 Å². The molecule has 1 fully saturated rings. The van der Waals surface area contributed by atoms with Gasteiger partial charge in [0.1, 0.15) is 0 Å². The molecule has 1 unspecified atom stereocenters. The number of carbonyl (C=O) groups is 1. The Morgan fingerprint density at radius 3 is 2.67 bits per heavy atom. The first-order valence-electron chi connectivity index (χ1n) is 7.51. The minimum Gasteiger partial charge on any atom is -0.395 e. The minimum atomic E-state index is -0.00688. The first-order valence-corrected chi connectivity index (χ1v) is 7.51. The van der Waals surface area contributed by atoms with Crippen LogP contribution >= 0.6 is 0 Å². The fourth-order valence-corrected chi connectivity index (χ4v) is 2.75. The lowest BCUT2D eigenvalue weighted by atomic mass is 9.92. The average molecular weight is 285 g/mol. The van der Waals surface area contributed by atoms with Gasteiger partial charge >= 0.3 is 0 Å². The smallest absolute Gasteiger partial charge is 0.251 e. The van der Waals surface area contributed by atoms with Crippen LogP contribution < -0.4 is 5.32 Å². The van der Waals surface area contributed by atoms with Crippen molar-refractivity contribution < 1.29 is 9.90 Å². The van der Waals surface area contributed by atoms with Gasteiger partial charge in [-0.3, -0.25) is 4.79 Å². The van der Waals surface area contributed by atoms with E-state index < -0.39 is 0 Å². The number of rotatable bonds is 3. The number of benzene rings is 1. The highest BCUT2D eigenvalue weighted by Crippen LogP contribution is 2.36. The Hall–Kier alpha value is -1.79. The van der Waals surface area contributed by atoms with Gasteiger partial charge in [0, 0.05) is 23.6 Å². The molecule has 1 aliphatic carbocycles. The summed E-state index contributed by atoms with van der Waals surface area (Å²) in [4.78, 5) is 12.2. The van der Waals surface area contributed by atoms with E-state index in [1.54, 1.807) is 12.1 Å². The van der Waals surface area contributed by atoms with Crippen molar-refractivity contribution in [2.24, 2.45) is 5.41 Å². The van der Waals surface area contributed by atoms with Crippen molar-refractivity contribution in [3.63, 3.8) is 0 Å². The SMILES string of the molecule is CC1(C)CCC(NC(=O)c2ccc(C#CCCO)cc2)C1. The lowest BCUT2D eigenvalue weighted by Gasteiger charge is -2.17. The van der Waals surface area contributed by atoms with Crippen LogP contribution in [0.25, 0.3) is 0 Å². The normalized spacial score (nSPS) is 19.7. The number of carbonyl (C=O) groups excluding carboxylic acids is 1. The molecule has 1 amide bonds. The molecule has 112 valence electrons. The monoisotopic (exact) mass is 285 g/mol. The molecule has 0 radical (unpaired) electrons. The first-order chi connectivity index (χ1) is 10.00. The van der Waals surface area contributed by atoms with Crippen LogP contribution in [-0.2, 0) is 0 Å². The van der Waals surface area contributed by atoms with Gasteiger partial charge in [0.05, 0.1) is 6.61 Å². The second-order valence-corrected chi connectivity index (χ2v) is 6.43. The van der Waals surface area contributed by atoms with Crippen molar-refractivity contribution in [3.8, 4) is 11.8 Å². The maximum Gasteiger partial charge on any atom is 0.251 e. The van der Waals surface area contributed by atoms with Crippen LogP contribution in [0.1, 0.15) is 55.5 Å². The van der Waals surface area contributed by atoms with E-state index in [9.17, 15) is 4.79 Å². The van der Waals surface area contributed by atoms with E-state index in [2.05, 4.69) is 31.0 Å². The Labute approximate surface area is 126 Å². The Morgan fingerprint density at radius 2 is 2.10 bits per heavy atom. The van der Waals surface area contributed by atoms with Crippen LogP contribution in [0, 0.1) is 17.3 Å². The standard InChI is InChI=1S/C18H23NO2/c1-18(2)11-10-16(13-18)19-17(21)15-8-6-14(7-9-15)5-3-4-12-20/h6-9,16,20H,4,10-13H2,1-2H3,(H,19,21). The Morgan fingerprint density at radius 1 is 1.38 bits per heavy atom. The van der Waals surface area contributed by atoms with E-state index in [1.165, 1.54) is 0 Å². The maximum absolute atomic E-state index is 12.2. The first kappa shape index (κ1) is 15.6. The predicted octanol–water partition coefficient (Wildman–Crippen LogP) is 2.73. The van der Waals surface area contributed by atoms with Crippen molar-refractivity contribution in [3.05, 3.63) is 35.4 Å². The average Bonchev–Trinajstić information content (AvgIpc) is 2.79. The van der Waals surface area contributed by atoms with Gasteiger partial charge < -0.3 is 10.4 Å². The molecular formula is C18H23NO2. The molecule has 0 saturated heterocycles. The zero-order valence-electron chi connectivity index (χ0n) is 12.8. The van der Waals surface area contributed by atoms with Crippen molar-refractivity contribution >= 4 is 5.91 Å². The molecular weight excluding hydrogens is 262 g/mol. The number of nitrogens with one attached hydrogen (secondary N) is 1. The lowest BCUT2D eigenvalue weighted by molar-refractivity contribution is 0.0936. The molecule has 0 heterocycles. The van der Waals surface area contributed by atoms with Gasteiger partial charge in [-0.05, 0) is 48.9 Å². The number of hydrogen-bond donors (Lipinski definition) is 2. The number of amides is 1. The van der Waals surface area contributed by atoms with Gasteiger partial charge in [0.25, 0.3) is 5.91 Å². The Kier molecular flexibility index (Phi) is 5.03. The molecule has 0 spiro atoms. The van der Waals surface area contributed by atoms with Crippen molar-refractivity contribution in [2.75, 3.05) is 6.61 Å². The van der Waals surface area contributed by atoms with Gasteiger partial charge in [-0.15, -0.1) is 0 Å². The fourth-order valence-electron chi connectivity index (χ4n) is 2.75. The highest BCUT2D eigenvalue weighted by Gasteiger charge is 2.31. The molecule has 3 heteroatoms. The fraction of sp³-hybridized carbons (Fsp3) is 0.500. The Bertz CT molecular complexity index is 549. The zero-order chi connectivity index (χ0) is 15.3. The molecule has 21 heavy (non-hydrogen) atoms. The summed E-state index contributed by atoms with van der Waals surface area (Å²) >= 11 is 0. The molecule has 2 rings (SSSR count). The molecule has 1 atom stereocenters. The van der Waals surface area contributed by atoms with E-state index in [0.29, 0.717) is 17.4 Å². The van der Waals surface area contributed by atoms with Crippen molar-refractivity contribution in [1.82, 2.24) is 5.32 Å². The molecule has 1 aromatic carbocycles. The van der Waals surface area contributed by atoms with Gasteiger partial charge in [0.2, 0.25) is 0 Å². The third kappa shape index (κ3) is 4.61. The van der Waals surface area contributed by atoms with E-state index in [1.807, 2.05) is 12.1 Å². The summed E-state index contributed by atoms with van der Waals surface area (Å²) < 4.78 is 0. The van der Waals surface area contributed by atoms with Crippen molar-refractivity contribution in [1.29, 1.82) is 0 Å². The summed E-state index contributed by atoms with van der Waals surface area (Å²) in [6.07, 6.45) is 3.74. The molecule has 0 bridgehead atoms. The van der Waals surface area contributed by atoms with E-state index in [4.69, 9.17) is 5.11 Å². The third-order valence-corrected chi connectivity index (χ3v) is 3.92. The Balaban J connectivity index is 1.93. The summed E-state index contributed by atoms with van der Waals surface area (Å²) in [5.41, 5.74) is 1.87. The third-order valence-electron chi connectivity index (χ3n) is 3.92. The highest BCUT2D eigenvalue weighted by molar-refractivity contribution is 5.94. The van der Waals surface area contributed by atoms with Gasteiger partial charge in [0.15, 0.2) is 0 Å². The predicted molar refractivity (Wildman–Crippen MR) is 83.9 cm³/mol. The van der Waals surface area contributed by atoms with E-state index in [0.717, 1.165) is 24.8 Å². The summed E-state index contributed by atoms with van der Waals surface area (Å²) in [7, 11) is 0. The lowest BCUT2D eigenvalue weighted by Crippen LogP contribution is -2.33. The number of aliphatic hydroxyl groups is 1. The van der Waals surface area contributed by atoms with Gasteiger partial charge in [-0.1, -0.05) is 25.7 Å². The zero-order valence-corrected chi connectivity index (χ0v) is 12.8. The molecule has 1 saturated carbocycles. The number of aliphatic hydroxyl groups excluding tert-OH is 1. The summed E-state index contributed by atoms with van der Waals surface area (Å²) in [6, 6.07) is 7.59. The van der Waals surface area contributed by atoms with E-state index >= 15 is 0 Å². The van der Waals surface area contributed by atoms with Crippen LogP contribution in [0.5, 0.6) is 0 Å². The van der Waals surface area contributed by atoms with E-state index in [-0.39, 0.29) is 18.6 Å². The second kappa shape index (κ2) is 6.78. The molecule has 1 aliphatic rings. The number of hydrogen-bond acceptors (Lipinski definition) is 2. The second-order valence-electron chi connectivity index (χ2n) is 6.43. The molecule has 0 aromatic heterocycles. The minimum absolute atomic E-state index is 0.00688. The quantitative estimate of drug-likeness (QED) is 0.839. The summed E-state index contributed by atoms with van der Waals surface area (Å²) in [6.45, 7) is 4.57.